The zero-order valence-electron chi connectivity index (χ0n) is 16.2. The Kier molecular flexibility index (Phi) is 5.05. The van der Waals surface area contributed by atoms with Crippen LogP contribution in [0, 0.1) is 12.7 Å². The molecule has 1 fully saturated rings. The van der Waals surface area contributed by atoms with Crippen molar-refractivity contribution in [3.63, 3.8) is 0 Å². The summed E-state index contributed by atoms with van der Waals surface area (Å²) in [6, 6.07) is 12.6. The second-order valence-corrected chi connectivity index (χ2v) is 7.32. The molecular weight excluding hydrogens is 357 g/mol. The van der Waals surface area contributed by atoms with E-state index >= 15 is 0 Å². The van der Waals surface area contributed by atoms with Gasteiger partial charge in [0.15, 0.2) is 0 Å². The lowest BCUT2D eigenvalue weighted by Crippen LogP contribution is -3.15. The van der Waals surface area contributed by atoms with Crippen molar-refractivity contribution in [3.05, 3.63) is 59.5 Å². The molecular formula is C22H25FN3O2+. The van der Waals surface area contributed by atoms with Crippen LogP contribution in [0.25, 0.3) is 10.9 Å². The van der Waals surface area contributed by atoms with Gasteiger partial charge in [-0.3, -0.25) is 4.79 Å². The molecule has 1 saturated heterocycles. The van der Waals surface area contributed by atoms with Crippen LogP contribution < -0.4 is 14.5 Å². The predicted molar refractivity (Wildman–Crippen MR) is 108 cm³/mol. The van der Waals surface area contributed by atoms with E-state index in [1.54, 1.807) is 13.2 Å². The average Bonchev–Trinajstić information content (AvgIpc) is 3.04. The van der Waals surface area contributed by atoms with Crippen molar-refractivity contribution in [2.45, 2.75) is 6.92 Å². The summed E-state index contributed by atoms with van der Waals surface area (Å²) in [6.07, 6.45) is 0. The second-order valence-electron chi connectivity index (χ2n) is 7.32. The molecule has 0 amide bonds. The molecule has 1 aliphatic rings. The number of hydrogen-bond donors (Lipinski definition) is 2. The molecule has 2 heterocycles. The van der Waals surface area contributed by atoms with E-state index in [-0.39, 0.29) is 11.6 Å². The number of benzene rings is 2. The van der Waals surface area contributed by atoms with Crippen molar-refractivity contribution in [2.24, 2.45) is 0 Å². The van der Waals surface area contributed by atoms with E-state index in [9.17, 15) is 9.18 Å². The molecule has 4 rings (SSSR count). The Morgan fingerprint density at radius 1 is 1.21 bits per heavy atom. The Hall–Kier alpha value is -2.86. The number of hydrogen-bond acceptors (Lipinski definition) is 3. The van der Waals surface area contributed by atoms with Crippen LogP contribution >= 0.6 is 0 Å². The van der Waals surface area contributed by atoms with Gasteiger partial charge in [0.05, 0.1) is 44.5 Å². The number of aryl methyl sites for hydroxylation is 1. The van der Waals surface area contributed by atoms with Crippen LogP contribution in [-0.2, 0) is 0 Å². The lowest BCUT2D eigenvalue weighted by atomic mass is 10.1. The highest BCUT2D eigenvalue weighted by atomic mass is 19.1. The van der Waals surface area contributed by atoms with Crippen molar-refractivity contribution in [3.8, 4) is 5.75 Å². The number of piperazine rings is 1. The number of H-pyrrole nitrogens is 1. The smallest absolute Gasteiger partial charge is 0.219 e. The quantitative estimate of drug-likeness (QED) is 0.666. The SMILES string of the molecule is COc1ccc2[nH]c(C)c(C(=O)C[NH+]3CCN(c4ccccc4F)CC3)c2c1. The number of nitrogens with zero attached hydrogens (tertiary/aromatic N) is 1. The van der Waals surface area contributed by atoms with Gasteiger partial charge in [-0.1, -0.05) is 12.1 Å². The number of quaternary nitrogens is 1. The van der Waals surface area contributed by atoms with E-state index in [0.717, 1.165) is 54.1 Å². The first-order valence-corrected chi connectivity index (χ1v) is 9.59. The van der Waals surface area contributed by atoms with E-state index in [4.69, 9.17) is 4.74 Å². The first-order chi connectivity index (χ1) is 13.6. The summed E-state index contributed by atoms with van der Waals surface area (Å²) in [7, 11) is 1.63. The number of carbonyl (C=O) groups excluding carboxylic acids is 1. The number of halogens is 1. The van der Waals surface area contributed by atoms with Crippen LogP contribution in [-0.4, -0.2) is 50.6 Å². The number of para-hydroxylation sites is 1. The minimum Gasteiger partial charge on any atom is -0.497 e. The van der Waals surface area contributed by atoms with Crippen molar-refractivity contribution in [2.75, 3.05) is 44.7 Å². The highest BCUT2D eigenvalue weighted by molar-refractivity contribution is 6.10. The Morgan fingerprint density at radius 3 is 2.68 bits per heavy atom. The molecule has 3 aromatic rings. The highest BCUT2D eigenvalue weighted by Gasteiger charge is 2.26. The number of fused-ring (bicyclic) bond motifs is 1. The molecule has 6 heteroatoms. The summed E-state index contributed by atoms with van der Waals surface area (Å²) in [4.78, 5) is 19.6. The molecule has 2 N–H and O–H groups in total. The number of anilines is 1. The van der Waals surface area contributed by atoms with E-state index < -0.39 is 0 Å². The van der Waals surface area contributed by atoms with Gasteiger partial charge < -0.3 is 19.5 Å². The Morgan fingerprint density at radius 2 is 1.96 bits per heavy atom. The molecule has 2 aromatic carbocycles. The molecule has 0 unspecified atom stereocenters. The molecule has 5 nitrogen and oxygen atoms in total. The van der Waals surface area contributed by atoms with Crippen molar-refractivity contribution >= 4 is 22.4 Å². The van der Waals surface area contributed by atoms with Crippen LogP contribution in [0.15, 0.2) is 42.5 Å². The lowest BCUT2D eigenvalue weighted by Gasteiger charge is -2.33. The number of ether oxygens (including phenoxy) is 1. The average molecular weight is 382 g/mol. The fourth-order valence-electron chi connectivity index (χ4n) is 4.06. The molecule has 0 bridgehead atoms. The normalized spacial score (nSPS) is 15.2. The third-order valence-corrected chi connectivity index (χ3v) is 5.55. The van der Waals surface area contributed by atoms with Gasteiger partial charge in [-0.15, -0.1) is 0 Å². The fraction of sp³-hybridized carbons (Fsp3) is 0.318. The van der Waals surface area contributed by atoms with Crippen molar-refractivity contribution in [1.82, 2.24) is 4.98 Å². The van der Waals surface area contributed by atoms with Crippen molar-refractivity contribution in [1.29, 1.82) is 0 Å². The van der Waals surface area contributed by atoms with E-state index in [0.29, 0.717) is 12.2 Å². The number of rotatable bonds is 5. The van der Waals surface area contributed by atoms with Gasteiger partial charge in [0, 0.05) is 16.6 Å². The van der Waals surface area contributed by atoms with Gasteiger partial charge in [0.2, 0.25) is 5.78 Å². The van der Waals surface area contributed by atoms with Gasteiger partial charge in [-0.05, 0) is 37.3 Å². The van der Waals surface area contributed by atoms with Gasteiger partial charge in [0.25, 0.3) is 0 Å². The maximum Gasteiger partial charge on any atom is 0.219 e. The number of ketones is 1. The molecule has 0 spiro atoms. The summed E-state index contributed by atoms with van der Waals surface area (Å²) in [6.45, 7) is 5.48. The molecule has 1 aromatic heterocycles. The van der Waals surface area contributed by atoms with Gasteiger partial charge >= 0.3 is 0 Å². The Labute approximate surface area is 163 Å². The third kappa shape index (κ3) is 3.47. The summed E-state index contributed by atoms with van der Waals surface area (Å²) in [5.74, 6) is 0.683. The zero-order valence-corrected chi connectivity index (χ0v) is 16.2. The zero-order chi connectivity index (χ0) is 19.7. The summed E-state index contributed by atoms with van der Waals surface area (Å²) < 4.78 is 19.3. The minimum atomic E-state index is -0.189. The number of aromatic nitrogens is 1. The van der Waals surface area contributed by atoms with Gasteiger partial charge in [-0.2, -0.15) is 0 Å². The largest absolute Gasteiger partial charge is 0.497 e. The summed E-state index contributed by atoms with van der Waals surface area (Å²) in [5.41, 5.74) is 3.23. The van der Waals surface area contributed by atoms with E-state index in [1.807, 2.05) is 37.3 Å². The molecule has 1 aliphatic heterocycles. The first-order valence-electron chi connectivity index (χ1n) is 9.59. The highest BCUT2D eigenvalue weighted by Crippen LogP contribution is 2.26. The standard InChI is InChI=1S/C22H24FN3O2/c1-15-22(17-13-16(28-2)7-8-19(17)24-15)21(27)14-25-9-11-26(12-10-25)20-6-4-3-5-18(20)23/h3-8,13,24H,9-12,14H2,1-2H3/p+1. The van der Waals surface area contributed by atoms with Crippen molar-refractivity contribution < 1.29 is 18.8 Å². The van der Waals surface area contributed by atoms with Crippen LogP contribution in [0.5, 0.6) is 5.75 Å². The molecule has 28 heavy (non-hydrogen) atoms. The molecule has 146 valence electrons. The number of aromatic amines is 1. The Bertz CT molecular complexity index is 1010. The molecule has 0 radical (unpaired) electrons. The lowest BCUT2D eigenvalue weighted by molar-refractivity contribution is -0.892. The monoisotopic (exact) mass is 382 g/mol. The number of nitrogens with one attached hydrogen (secondary N) is 2. The molecule has 0 atom stereocenters. The van der Waals surface area contributed by atoms with Crippen LogP contribution in [0.1, 0.15) is 16.1 Å². The van der Waals surface area contributed by atoms with E-state index in [2.05, 4.69) is 9.88 Å². The van der Waals surface area contributed by atoms with Gasteiger partial charge in [-0.25, -0.2) is 4.39 Å². The third-order valence-electron chi connectivity index (χ3n) is 5.55. The predicted octanol–water partition coefficient (Wildman–Crippen LogP) is 2.21. The topological polar surface area (TPSA) is 49.8 Å². The minimum absolute atomic E-state index is 0.131. The second kappa shape index (κ2) is 7.64. The van der Waals surface area contributed by atoms with Crippen LogP contribution in [0.2, 0.25) is 0 Å². The number of Topliss-reactive ketones (excluding diaryl/α,β-unsaturated/α-hetero) is 1. The van der Waals surface area contributed by atoms with Crippen LogP contribution in [0.3, 0.4) is 0 Å². The number of methoxy groups -OCH3 is 1. The number of carbonyl (C=O) groups is 1. The maximum atomic E-state index is 14.0. The summed E-state index contributed by atoms with van der Waals surface area (Å²) >= 11 is 0. The first kappa shape index (κ1) is 18.5. The molecule has 0 aliphatic carbocycles. The summed E-state index contributed by atoms with van der Waals surface area (Å²) in [5, 5.41) is 0.909. The fourth-order valence-corrected chi connectivity index (χ4v) is 4.06. The van der Waals surface area contributed by atoms with Crippen LogP contribution in [0.4, 0.5) is 10.1 Å². The Balaban J connectivity index is 1.46. The van der Waals surface area contributed by atoms with Gasteiger partial charge in [0.1, 0.15) is 18.1 Å². The van der Waals surface area contributed by atoms with E-state index in [1.165, 1.54) is 11.0 Å². The molecule has 0 saturated carbocycles. The maximum absolute atomic E-state index is 14.0.